The topological polar surface area (TPSA) is 49.4 Å². The standard InChI is InChI=1S/C25H26N2O2S/c1-26-24(29)25(17-20-9-11-21(12-10-20)22-8-5-15-30-22)13-14-27(18-25)23(28)16-19-6-3-2-4-7-19/h2-12,15H,13-14,16-18H2,1H3,(H,26,29). The van der Waals surface area contributed by atoms with Crippen LogP contribution in [0.25, 0.3) is 10.4 Å². The lowest BCUT2D eigenvalue weighted by Gasteiger charge is -2.28. The molecule has 1 N–H and O–H groups in total. The van der Waals surface area contributed by atoms with Gasteiger partial charge in [-0.1, -0.05) is 60.7 Å². The zero-order valence-electron chi connectivity index (χ0n) is 17.1. The minimum atomic E-state index is -0.578. The van der Waals surface area contributed by atoms with Crippen LogP contribution in [0, 0.1) is 5.41 Å². The molecule has 0 saturated carbocycles. The molecule has 1 aromatic heterocycles. The van der Waals surface area contributed by atoms with Crippen LogP contribution < -0.4 is 5.32 Å². The summed E-state index contributed by atoms with van der Waals surface area (Å²) < 4.78 is 0. The van der Waals surface area contributed by atoms with E-state index in [1.165, 1.54) is 10.4 Å². The van der Waals surface area contributed by atoms with Crippen LogP contribution in [-0.2, 0) is 22.4 Å². The predicted octanol–water partition coefficient (Wildman–Crippen LogP) is 4.17. The SMILES string of the molecule is CNC(=O)C1(Cc2ccc(-c3cccs3)cc2)CCN(C(=O)Cc2ccccc2)C1. The Balaban J connectivity index is 1.48. The second-order valence-electron chi connectivity index (χ2n) is 7.94. The van der Waals surface area contributed by atoms with Gasteiger partial charge in [-0.3, -0.25) is 9.59 Å². The van der Waals surface area contributed by atoms with Crippen LogP contribution in [0.3, 0.4) is 0 Å². The van der Waals surface area contributed by atoms with Gasteiger partial charge >= 0.3 is 0 Å². The van der Waals surface area contributed by atoms with E-state index in [2.05, 4.69) is 41.0 Å². The molecule has 2 heterocycles. The third-order valence-electron chi connectivity index (χ3n) is 5.92. The third-order valence-corrected chi connectivity index (χ3v) is 6.83. The number of nitrogens with one attached hydrogen (secondary N) is 1. The van der Waals surface area contributed by atoms with Gasteiger partial charge in [-0.2, -0.15) is 0 Å². The maximum absolute atomic E-state index is 12.9. The Kier molecular flexibility index (Phi) is 6.00. The minimum Gasteiger partial charge on any atom is -0.359 e. The summed E-state index contributed by atoms with van der Waals surface area (Å²) in [4.78, 5) is 28.8. The molecule has 1 fully saturated rings. The normalized spacial score (nSPS) is 18.4. The summed E-state index contributed by atoms with van der Waals surface area (Å²) in [6.45, 7) is 1.08. The first-order valence-corrected chi connectivity index (χ1v) is 11.1. The Bertz CT molecular complexity index is 999. The van der Waals surface area contributed by atoms with Crippen molar-refractivity contribution in [3.05, 3.63) is 83.2 Å². The molecule has 0 bridgehead atoms. The number of thiophene rings is 1. The molecule has 1 aliphatic heterocycles. The molecule has 2 amide bonds. The van der Waals surface area contributed by atoms with Gasteiger partial charge in [0.15, 0.2) is 0 Å². The van der Waals surface area contributed by atoms with Gasteiger partial charge in [0, 0.05) is 25.0 Å². The number of hydrogen-bond donors (Lipinski definition) is 1. The van der Waals surface area contributed by atoms with Crippen molar-refractivity contribution in [3.8, 4) is 10.4 Å². The van der Waals surface area contributed by atoms with Crippen molar-refractivity contribution in [2.75, 3.05) is 20.1 Å². The van der Waals surface area contributed by atoms with E-state index in [4.69, 9.17) is 0 Å². The van der Waals surface area contributed by atoms with Crippen molar-refractivity contribution >= 4 is 23.2 Å². The van der Waals surface area contributed by atoms with Crippen molar-refractivity contribution in [2.45, 2.75) is 19.3 Å². The largest absolute Gasteiger partial charge is 0.359 e. The molecular weight excluding hydrogens is 392 g/mol. The van der Waals surface area contributed by atoms with Crippen LogP contribution in [0.4, 0.5) is 0 Å². The average Bonchev–Trinajstić information content (AvgIpc) is 3.46. The number of amides is 2. The van der Waals surface area contributed by atoms with Crippen LogP contribution >= 0.6 is 11.3 Å². The molecule has 4 nitrogen and oxygen atoms in total. The summed E-state index contributed by atoms with van der Waals surface area (Å²) in [6, 6.07) is 22.4. The number of hydrogen-bond acceptors (Lipinski definition) is 3. The lowest BCUT2D eigenvalue weighted by atomic mass is 9.79. The van der Waals surface area contributed by atoms with Gasteiger partial charge < -0.3 is 10.2 Å². The van der Waals surface area contributed by atoms with E-state index in [0.29, 0.717) is 32.4 Å². The number of carbonyl (C=O) groups excluding carboxylic acids is 2. The van der Waals surface area contributed by atoms with E-state index in [0.717, 1.165) is 11.1 Å². The summed E-state index contributed by atoms with van der Waals surface area (Å²) >= 11 is 1.72. The molecule has 3 aromatic rings. The molecule has 4 rings (SSSR count). The van der Waals surface area contributed by atoms with Crippen molar-refractivity contribution in [1.82, 2.24) is 10.2 Å². The van der Waals surface area contributed by atoms with Crippen LogP contribution in [-0.4, -0.2) is 36.9 Å². The van der Waals surface area contributed by atoms with E-state index in [9.17, 15) is 9.59 Å². The maximum Gasteiger partial charge on any atom is 0.228 e. The molecule has 30 heavy (non-hydrogen) atoms. The highest BCUT2D eigenvalue weighted by Gasteiger charge is 2.45. The van der Waals surface area contributed by atoms with Gasteiger partial charge in [-0.25, -0.2) is 0 Å². The van der Waals surface area contributed by atoms with Crippen molar-refractivity contribution in [1.29, 1.82) is 0 Å². The van der Waals surface area contributed by atoms with Gasteiger partial charge in [-0.05, 0) is 41.0 Å². The van der Waals surface area contributed by atoms with E-state index in [1.807, 2.05) is 41.3 Å². The Morgan fingerprint density at radius 2 is 1.77 bits per heavy atom. The second-order valence-corrected chi connectivity index (χ2v) is 8.89. The lowest BCUT2D eigenvalue weighted by molar-refractivity contribution is -0.132. The highest BCUT2D eigenvalue weighted by atomic mass is 32.1. The van der Waals surface area contributed by atoms with Gasteiger partial charge in [0.05, 0.1) is 11.8 Å². The van der Waals surface area contributed by atoms with Crippen LogP contribution in [0.2, 0.25) is 0 Å². The maximum atomic E-state index is 12.9. The molecule has 154 valence electrons. The highest BCUT2D eigenvalue weighted by Crippen LogP contribution is 2.36. The van der Waals surface area contributed by atoms with Crippen LogP contribution in [0.1, 0.15) is 17.5 Å². The molecule has 1 unspecified atom stereocenters. The monoisotopic (exact) mass is 418 g/mol. The smallest absolute Gasteiger partial charge is 0.228 e. The fraction of sp³-hybridized carbons (Fsp3) is 0.280. The lowest BCUT2D eigenvalue weighted by Crippen LogP contribution is -2.44. The Labute approximate surface area is 181 Å². The highest BCUT2D eigenvalue weighted by molar-refractivity contribution is 7.13. The first kappa shape index (κ1) is 20.4. The minimum absolute atomic E-state index is 0.0137. The average molecular weight is 419 g/mol. The molecule has 0 aliphatic carbocycles. The second kappa shape index (κ2) is 8.84. The van der Waals surface area contributed by atoms with Crippen LogP contribution in [0.5, 0.6) is 0 Å². The molecule has 1 saturated heterocycles. The Hall–Kier alpha value is -2.92. The quantitative estimate of drug-likeness (QED) is 0.653. The number of rotatable bonds is 6. The summed E-state index contributed by atoms with van der Waals surface area (Å²) in [6.07, 6.45) is 1.69. The van der Waals surface area contributed by atoms with E-state index >= 15 is 0 Å². The summed E-state index contributed by atoms with van der Waals surface area (Å²) in [5.74, 6) is 0.0971. The summed E-state index contributed by atoms with van der Waals surface area (Å²) in [7, 11) is 1.68. The van der Waals surface area contributed by atoms with Crippen molar-refractivity contribution in [3.63, 3.8) is 0 Å². The number of benzene rings is 2. The van der Waals surface area contributed by atoms with Gasteiger partial charge in [0.25, 0.3) is 0 Å². The first-order valence-electron chi connectivity index (χ1n) is 10.3. The zero-order chi connectivity index (χ0) is 21.0. The zero-order valence-corrected chi connectivity index (χ0v) is 18.0. The molecule has 1 atom stereocenters. The first-order chi connectivity index (χ1) is 14.6. The summed E-state index contributed by atoms with van der Waals surface area (Å²) in [5, 5.41) is 4.91. The van der Waals surface area contributed by atoms with Crippen molar-refractivity contribution < 1.29 is 9.59 Å². The van der Waals surface area contributed by atoms with Gasteiger partial charge in [0.1, 0.15) is 0 Å². The van der Waals surface area contributed by atoms with Crippen LogP contribution in [0.15, 0.2) is 72.1 Å². The molecule has 5 heteroatoms. The fourth-order valence-corrected chi connectivity index (χ4v) is 5.00. The Morgan fingerprint density at radius 1 is 1.00 bits per heavy atom. The number of likely N-dealkylation sites (tertiary alicyclic amines) is 1. The molecule has 0 spiro atoms. The molecule has 2 aromatic carbocycles. The van der Waals surface area contributed by atoms with E-state index in [-0.39, 0.29) is 11.8 Å². The summed E-state index contributed by atoms with van der Waals surface area (Å²) in [5.41, 5.74) is 2.74. The van der Waals surface area contributed by atoms with E-state index < -0.39 is 5.41 Å². The van der Waals surface area contributed by atoms with Crippen molar-refractivity contribution in [2.24, 2.45) is 5.41 Å². The fourth-order valence-electron chi connectivity index (χ4n) is 4.26. The van der Waals surface area contributed by atoms with Gasteiger partial charge in [-0.15, -0.1) is 11.3 Å². The number of nitrogens with zero attached hydrogens (tertiary/aromatic N) is 1. The number of carbonyl (C=O) groups is 2. The third kappa shape index (κ3) is 4.31. The molecule has 0 radical (unpaired) electrons. The molecular formula is C25H26N2O2S. The van der Waals surface area contributed by atoms with E-state index in [1.54, 1.807) is 18.4 Å². The Morgan fingerprint density at radius 3 is 2.43 bits per heavy atom. The van der Waals surface area contributed by atoms with Gasteiger partial charge in [0.2, 0.25) is 11.8 Å². The molecule has 1 aliphatic rings. The predicted molar refractivity (Wildman–Crippen MR) is 121 cm³/mol.